The second-order valence-electron chi connectivity index (χ2n) is 5.52. The lowest BCUT2D eigenvalue weighted by Gasteiger charge is -2.25. The second-order valence-corrected chi connectivity index (χ2v) is 5.52. The SMILES string of the molecule is CCOC(=O)COCC1CC(=O)N(C(C)c2ccccc2)C1. The van der Waals surface area contributed by atoms with E-state index in [-0.39, 0.29) is 30.4 Å². The van der Waals surface area contributed by atoms with Crippen molar-refractivity contribution in [2.24, 2.45) is 5.92 Å². The van der Waals surface area contributed by atoms with Crippen LogP contribution in [0.5, 0.6) is 0 Å². The number of esters is 1. The second kappa shape index (κ2) is 7.94. The van der Waals surface area contributed by atoms with Gasteiger partial charge in [0.25, 0.3) is 0 Å². The number of carbonyl (C=O) groups is 2. The van der Waals surface area contributed by atoms with Gasteiger partial charge in [0.1, 0.15) is 6.61 Å². The number of amides is 1. The molecule has 0 bridgehead atoms. The molecule has 0 aliphatic carbocycles. The molecule has 22 heavy (non-hydrogen) atoms. The fourth-order valence-corrected chi connectivity index (χ4v) is 2.72. The highest BCUT2D eigenvalue weighted by Gasteiger charge is 2.33. The summed E-state index contributed by atoms with van der Waals surface area (Å²) < 4.78 is 10.2. The van der Waals surface area contributed by atoms with Crippen molar-refractivity contribution in [1.82, 2.24) is 4.90 Å². The Morgan fingerprint density at radius 3 is 2.77 bits per heavy atom. The molecule has 2 unspecified atom stereocenters. The van der Waals surface area contributed by atoms with Crippen molar-refractivity contribution in [2.75, 3.05) is 26.4 Å². The number of likely N-dealkylation sites (tertiary alicyclic amines) is 1. The van der Waals surface area contributed by atoms with Crippen molar-refractivity contribution < 1.29 is 19.1 Å². The standard InChI is InChI=1S/C17H23NO4/c1-3-22-17(20)12-21-11-14-9-16(19)18(10-14)13(2)15-7-5-4-6-8-15/h4-8,13-14H,3,9-12H2,1-2H3. The van der Waals surface area contributed by atoms with Crippen LogP contribution in [0.4, 0.5) is 0 Å². The van der Waals surface area contributed by atoms with Crippen LogP contribution in [-0.2, 0) is 19.1 Å². The monoisotopic (exact) mass is 305 g/mol. The van der Waals surface area contributed by atoms with E-state index in [0.717, 1.165) is 5.56 Å². The summed E-state index contributed by atoms with van der Waals surface area (Å²) in [4.78, 5) is 25.3. The van der Waals surface area contributed by atoms with E-state index >= 15 is 0 Å². The Labute approximate surface area is 131 Å². The minimum Gasteiger partial charge on any atom is -0.464 e. The van der Waals surface area contributed by atoms with Gasteiger partial charge in [-0.15, -0.1) is 0 Å². The van der Waals surface area contributed by atoms with Gasteiger partial charge in [-0.25, -0.2) is 4.79 Å². The normalized spacial score (nSPS) is 19.3. The lowest BCUT2D eigenvalue weighted by Crippen LogP contribution is -2.29. The van der Waals surface area contributed by atoms with E-state index in [9.17, 15) is 9.59 Å². The Kier molecular flexibility index (Phi) is 5.95. The fraction of sp³-hybridized carbons (Fsp3) is 0.529. The molecule has 0 aromatic heterocycles. The molecule has 1 aromatic rings. The van der Waals surface area contributed by atoms with Gasteiger partial charge >= 0.3 is 5.97 Å². The Morgan fingerprint density at radius 1 is 1.36 bits per heavy atom. The minimum absolute atomic E-state index is 0.0488. The van der Waals surface area contributed by atoms with E-state index in [1.807, 2.05) is 42.2 Å². The molecule has 5 heteroatoms. The van der Waals surface area contributed by atoms with Crippen LogP contribution in [0.15, 0.2) is 30.3 Å². The molecule has 0 N–H and O–H groups in total. The molecular weight excluding hydrogens is 282 g/mol. The van der Waals surface area contributed by atoms with Gasteiger partial charge in [-0.3, -0.25) is 4.79 Å². The lowest BCUT2D eigenvalue weighted by molar-refractivity contribution is -0.148. The third-order valence-electron chi connectivity index (χ3n) is 3.87. The van der Waals surface area contributed by atoms with Crippen LogP contribution >= 0.6 is 0 Å². The van der Waals surface area contributed by atoms with Gasteiger partial charge in [0.05, 0.1) is 19.3 Å². The van der Waals surface area contributed by atoms with E-state index in [1.165, 1.54) is 0 Å². The maximum atomic E-state index is 12.2. The number of hydrogen-bond donors (Lipinski definition) is 0. The van der Waals surface area contributed by atoms with Crippen LogP contribution in [0.25, 0.3) is 0 Å². The third-order valence-corrected chi connectivity index (χ3v) is 3.87. The number of benzene rings is 1. The average molecular weight is 305 g/mol. The van der Waals surface area contributed by atoms with Crippen LogP contribution in [0.2, 0.25) is 0 Å². The quantitative estimate of drug-likeness (QED) is 0.725. The first kappa shape index (κ1) is 16.5. The topological polar surface area (TPSA) is 55.8 Å². The van der Waals surface area contributed by atoms with Gasteiger partial charge < -0.3 is 14.4 Å². The summed E-state index contributed by atoms with van der Waals surface area (Å²) in [6.07, 6.45) is 0.472. The van der Waals surface area contributed by atoms with E-state index in [2.05, 4.69) is 0 Å². The van der Waals surface area contributed by atoms with Crippen LogP contribution in [0.1, 0.15) is 31.9 Å². The molecule has 0 spiro atoms. The van der Waals surface area contributed by atoms with Gasteiger partial charge in [-0.2, -0.15) is 0 Å². The molecule has 2 atom stereocenters. The average Bonchev–Trinajstić information content (AvgIpc) is 2.88. The summed E-state index contributed by atoms with van der Waals surface area (Å²) in [5.74, 6) is -0.0875. The Balaban J connectivity index is 1.82. The summed E-state index contributed by atoms with van der Waals surface area (Å²) in [5.41, 5.74) is 1.13. The first-order valence-electron chi connectivity index (χ1n) is 7.69. The summed E-state index contributed by atoms with van der Waals surface area (Å²) in [6, 6.07) is 10.0. The molecule has 0 saturated carbocycles. The van der Waals surface area contributed by atoms with E-state index in [1.54, 1.807) is 6.92 Å². The van der Waals surface area contributed by atoms with Crippen molar-refractivity contribution in [3.8, 4) is 0 Å². The Hall–Kier alpha value is -1.88. The molecule has 2 rings (SSSR count). The molecule has 120 valence electrons. The fourth-order valence-electron chi connectivity index (χ4n) is 2.72. The van der Waals surface area contributed by atoms with Gasteiger partial charge in [0, 0.05) is 18.9 Å². The van der Waals surface area contributed by atoms with Gasteiger partial charge in [-0.1, -0.05) is 30.3 Å². The predicted molar refractivity (Wildman–Crippen MR) is 82.1 cm³/mol. The van der Waals surface area contributed by atoms with E-state index in [0.29, 0.717) is 26.2 Å². The van der Waals surface area contributed by atoms with Crippen molar-refractivity contribution in [3.05, 3.63) is 35.9 Å². The highest BCUT2D eigenvalue weighted by molar-refractivity contribution is 5.79. The minimum atomic E-state index is -0.360. The lowest BCUT2D eigenvalue weighted by atomic mass is 10.1. The first-order chi connectivity index (χ1) is 10.6. The molecule has 1 saturated heterocycles. The highest BCUT2D eigenvalue weighted by atomic mass is 16.6. The molecule has 1 fully saturated rings. The zero-order valence-corrected chi connectivity index (χ0v) is 13.2. The summed E-state index contributed by atoms with van der Waals surface area (Å²) in [6.45, 7) is 5.17. The van der Waals surface area contributed by atoms with Gasteiger partial charge in [0.15, 0.2) is 0 Å². The van der Waals surface area contributed by atoms with Gasteiger partial charge in [-0.05, 0) is 19.4 Å². The van der Waals surface area contributed by atoms with Crippen LogP contribution < -0.4 is 0 Å². The van der Waals surface area contributed by atoms with Gasteiger partial charge in [0.2, 0.25) is 5.91 Å². The van der Waals surface area contributed by atoms with Crippen molar-refractivity contribution >= 4 is 11.9 Å². The maximum Gasteiger partial charge on any atom is 0.332 e. The number of rotatable bonds is 7. The highest BCUT2D eigenvalue weighted by Crippen LogP contribution is 2.28. The van der Waals surface area contributed by atoms with E-state index < -0.39 is 0 Å². The number of carbonyl (C=O) groups excluding carboxylic acids is 2. The molecule has 0 radical (unpaired) electrons. The zero-order valence-electron chi connectivity index (χ0n) is 13.2. The number of nitrogens with zero attached hydrogens (tertiary/aromatic N) is 1. The molecule has 1 aliphatic heterocycles. The summed E-state index contributed by atoms with van der Waals surface area (Å²) >= 11 is 0. The van der Waals surface area contributed by atoms with Crippen LogP contribution in [0, 0.1) is 5.92 Å². The zero-order chi connectivity index (χ0) is 15.9. The largest absolute Gasteiger partial charge is 0.464 e. The van der Waals surface area contributed by atoms with Crippen molar-refractivity contribution in [2.45, 2.75) is 26.3 Å². The number of ether oxygens (including phenoxy) is 2. The molecule has 1 amide bonds. The van der Waals surface area contributed by atoms with Crippen LogP contribution in [-0.4, -0.2) is 43.1 Å². The van der Waals surface area contributed by atoms with Crippen LogP contribution in [0.3, 0.4) is 0 Å². The van der Waals surface area contributed by atoms with Crippen molar-refractivity contribution in [3.63, 3.8) is 0 Å². The molecule has 1 aliphatic rings. The maximum absolute atomic E-state index is 12.2. The third kappa shape index (κ3) is 4.31. The Morgan fingerprint density at radius 2 is 2.09 bits per heavy atom. The smallest absolute Gasteiger partial charge is 0.332 e. The van der Waals surface area contributed by atoms with E-state index in [4.69, 9.17) is 9.47 Å². The first-order valence-corrected chi connectivity index (χ1v) is 7.69. The molecule has 5 nitrogen and oxygen atoms in total. The predicted octanol–water partition coefficient (Wildman–Crippen LogP) is 2.18. The summed E-state index contributed by atoms with van der Waals surface area (Å²) in [7, 11) is 0. The number of hydrogen-bond acceptors (Lipinski definition) is 4. The molecule has 1 heterocycles. The van der Waals surface area contributed by atoms with Crippen molar-refractivity contribution in [1.29, 1.82) is 0 Å². The summed E-state index contributed by atoms with van der Waals surface area (Å²) in [5, 5.41) is 0. The Bertz CT molecular complexity index is 503. The molecular formula is C17H23NO4. The molecule has 1 aromatic carbocycles.